The van der Waals surface area contributed by atoms with E-state index in [1.165, 1.54) is 8.66 Å². The summed E-state index contributed by atoms with van der Waals surface area (Å²) < 4.78 is 1.20. The van der Waals surface area contributed by atoms with E-state index < -0.39 is 0 Å². The van der Waals surface area contributed by atoms with E-state index in [2.05, 4.69) is 45.3 Å². The molecule has 0 spiro atoms. The van der Waals surface area contributed by atoms with Crippen molar-refractivity contribution in [1.29, 1.82) is 0 Å². The van der Waals surface area contributed by atoms with Crippen molar-refractivity contribution in [3.8, 4) is 0 Å². The van der Waals surface area contributed by atoms with Gasteiger partial charge in [-0.1, -0.05) is 6.92 Å². The van der Waals surface area contributed by atoms with Gasteiger partial charge in [0.05, 0.1) is 3.79 Å². The molecule has 16 heavy (non-hydrogen) atoms. The molecule has 88 valence electrons. The molecule has 3 N–H and O–H groups in total. The largest absolute Gasteiger partial charge is 0.370 e. The maximum atomic E-state index is 5.78. The molecule has 2 rings (SSSR count). The first-order valence-corrected chi connectivity index (χ1v) is 7.13. The molecule has 0 aliphatic heterocycles. The van der Waals surface area contributed by atoms with Gasteiger partial charge in [-0.15, -0.1) is 11.3 Å². The van der Waals surface area contributed by atoms with Crippen molar-refractivity contribution in [1.82, 2.24) is 5.32 Å². The molecule has 1 aliphatic carbocycles. The summed E-state index contributed by atoms with van der Waals surface area (Å²) in [5, 5.41) is 3.27. The summed E-state index contributed by atoms with van der Waals surface area (Å²) >= 11 is 5.29. The predicted molar refractivity (Wildman–Crippen MR) is 73.1 cm³/mol. The van der Waals surface area contributed by atoms with Crippen LogP contribution in [0, 0.1) is 0 Å². The molecule has 3 nitrogen and oxygen atoms in total. The van der Waals surface area contributed by atoms with Crippen molar-refractivity contribution in [3.63, 3.8) is 0 Å². The van der Waals surface area contributed by atoms with Crippen LogP contribution in [0.4, 0.5) is 0 Å². The molecule has 0 bridgehead atoms. The van der Waals surface area contributed by atoms with E-state index in [-0.39, 0.29) is 0 Å². The van der Waals surface area contributed by atoms with Crippen LogP contribution in [0.3, 0.4) is 0 Å². The van der Waals surface area contributed by atoms with Crippen LogP contribution in [0.25, 0.3) is 0 Å². The molecule has 0 saturated heterocycles. The van der Waals surface area contributed by atoms with Crippen molar-refractivity contribution in [3.05, 3.63) is 20.8 Å². The van der Waals surface area contributed by atoms with Crippen LogP contribution in [0.1, 0.15) is 30.6 Å². The van der Waals surface area contributed by atoms with Crippen LogP contribution in [-0.2, 0) is 0 Å². The van der Waals surface area contributed by atoms with Crippen LogP contribution in [0.5, 0.6) is 0 Å². The van der Waals surface area contributed by atoms with Crippen molar-refractivity contribution in [2.24, 2.45) is 10.7 Å². The molecule has 1 fully saturated rings. The van der Waals surface area contributed by atoms with Crippen LogP contribution in [0.2, 0.25) is 0 Å². The number of guanidine groups is 1. The number of nitrogens with two attached hydrogens (primary N) is 1. The maximum absolute atomic E-state index is 5.78. The standard InChI is InChI=1S/C11H16BrN3S/c1-2-5-14-11(13)15-8-6-7(8)9-3-4-10(12)16-9/h3-4,7-8H,2,5-6H2,1H3,(H3,13,14,15)/t7-,8-/m1/s1. The third kappa shape index (κ3) is 2.98. The van der Waals surface area contributed by atoms with Gasteiger partial charge in [-0.05, 0) is 40.9 Å². The lowest BCUT2D eigenvalue weighted by Crippen LogP contribution is -2.34. The summed E-state index contributed by atoms with van der Waals surface area (Å²) in [6.07, 6.45) is 2.20. The van der Waals surface area contributed by atoms with Gasteiger partial charge in [0.15, 0.2) is 5.96 Å². The zero-order chi connectivity index (χ0) is 11.5. The van der Waals surface area contributed by atoms with Crippen molar-refractivity contribution < 1.29 is 0 Å². The Balaban J connectivity index is 1.83. The first-order valence-electron chi connectivity index (χ1n) is 5.52. The molecular formula is C11H16BrN3S. The summed E-state index contributed by atoms with van der Waals surface area (Å²) in [4.78, 5) is 5.66. The summed E-state index contributed by atoms with van der Waals surface area (Å²) in [6, 6.07) is 4.76. The Morgan fingerprint density at radius 3 is 3.12 bits per heavy atom. The van der Waals surface area contributed by atoms with Crippen LogP contribution in [-0.4, -0.2) is 18.5 Å². The zero-order valence-electron chi connectivity index (χ0n) is 9.24. The number of halogens is 1. The number of nitrogens with one attached hydrogen (secondary N) is 1. The molecule has 1 heterocycles. The highest BCUT2D eigenvalue weighted by atomic mass is 79.9. The van der Waals surface area contributed by atoms with Crippen molar-refractivity contribution in [2.75, 3.05) is 6.54 Å². The highest BCUT2D eigenvalue weighted by Gasteiger charge is 2.39. The molecule has 1 aromatic heterocycles. The monoisotopic (exact) mass is 301 g/mol. The third-order valence-electron chi connectivity index (χ3n) is 2.59. The summed E-state index contributed by atoms with van der Waals surface area (Å²) in [7, 11) is 0. The van der Waals surface area contributed by atoms with E-state index >= 15 is 0 Å². The molecule has 0 amide bonds. The van der Waals surface area contributed by atoms with Gasteiger partial charge in [0.25, 0.3) is 0 Å². The van der Waals surface area contributed by atoms with Gasteiger partial charge in [-0.3, -0.25) is 4.99 Å². The van der Waals surface area contributed by atoms with Crippen LogP contribution < -0.4 is 11.1 Å². The molecule has 0 aromatic carbocycles. The Bertz CT molecular complexity index is 388. The van der Waals surface area contributed by atoms with E-state index in [9.17, 15) is 0 Å². The smallest absolute Gasteiger partial charge is 0.188 e. The van der Waals surface area contributed by atoms with E-state index in [0.29, 0.717) is 17.9 Å². The molecular weight excluding hydrogens is 286 g/mol. The van der Waals surface area contributed by atoms with Gasteiger partial charge in [0, 0.05) is 23.4 Å². The fourth-order valence-corrected chi connectivity index (χ4v) is 3.27. The second kappa shape index (κ2) is 5.19. The first kappa shape index (κ1) is 11.9. The van der Waals surface area contributed by atoms with E-state index in [4.69, 9.17) is 5.73 Å². The number of thiophene rings is 1. The van der Waals surface area contributed by atoms with Gasteiger partial charge < -0.3 is 11.1 Å². The molecule has 1 aliphatic rings. The summed E-state index contributed by atoms with van der Waals surface area (Å²) in [5.41, 5.74) is 5.78. The minimum Gasteiger partial charge on any atom is -0.370 e. The minimum atomic E-state index is 0.478. The second-order valence-corrected chi connectivity index (χ2v) is 6.50. The highest BCUT2D eigenvalue weighted by molar-refractivity contribution is 9.11. The average Bonchev–Trinajstić information content (AvgIpc) is 2.88. The van der Waals surface area contributed by atoms with Crippen molar-refractivity contribution >= 4 is 33.2 Å². The van der Waals surface area contributed by atoms with Gasteiger partial charge in [-0.2, -0.15) is 0 Å². The maximum Gasteiger partial charge on any atom is 0.188 e. The number of rotatable bonds is 4. The molecule has 1 aromatic rings. The Labute approximate surface area is 108 Å². The third-order valence-corrected chi connectivity index (χ3v) is 4.34. The quantitative estimate of drug-likeness (QED) is 0.663. The molecule has 5 heteroatoms. The van der Waals surface area contributed by atoms with Crippen LogP contribution >= 0.6 is 27.3 Å². The molecule has 1 saturated carbocycles. The lowest BCUT2D eigenvalue weighted by Gasteiger charge is -2.03. The highest BCUT2D eigenvalue weighted by Crippen LogP contribution is 2.44. The molecule has 2 atom stereocenters. The number of hydrogen-bond donors (Lipinski definition) is 2. The van der Waals surface area contributed by atoms with Gasteiger partial charge in [-0.25, -0.2) is 0 Å². The minimum absolute atomic E-state index is 0.478. The molecule has 0 radical (unpaired) electrons. The zero-order valence-corrected chi connectivity index (χ0v) is 11.6. The van der Waals surface area contributed by atoms with Crippen LogP contribution in [0.15, 0.2) is 20.9 Å². The SMILES string of the molecule is CCCN=C(N)N[C@@H]1C[C@H]1c1ccc(Br)s1. The lowest BCUT2D eigenvalue weighted by molar-refractivity contribution is 0.842. The summed E-state index contributed by atoms with van der Waals surface area (Å²) in [5.74, 6) is 1.21. The Hall–Kier alpha value is -0.550. The number of hydrogen-bond acceptors (Lipinski definition) is 2. The van der Waals surface area contributed by atoms with E-state index in [1.54, 1.807) is 11.3 Å². The van der Waals surface area contributed by atoms with E-state index in [0.717, 1.165) is 19.4 Å². The number of nitrogens with zero attached hydrogens (tertiary/aromatic N) is 1. The summed E-state index contributed by atoms with van der Waals surface area (Å²) in [6.45, 7) is 2.90. The normalized spacial score (nSPS) is 24.5. The first-order chi connectivity index (χ1) is 7.70. The Morgan fingerprint density at radius 1 is 1.69 bits per heavy atom. The molecule has 0 unspecified atom stereocenters. The van der Waals surface area contributed by atoms with E-state index in [1.807, 2.05) is 0 Å². The predicted octanol–water partition coefficient (Wildman–Crippen LogP) is 2.68. The van der Waals surface area contributed by atoms with Gasteiger partial charge >= 0.3 is 0 Å². The van der Waals surface area contributed by atoms with Crippen molar-refractivity contribution in [2.45, 2.75) is 31.7 Å². The van der Waals surface area contributed by atoms with Gasteiger partial charge in [0.2, 0.25) is 0 Å². The fraction of sp³-hybridized carbons (Fsp3) is 0.545. The number of aliphatic imine (C=N–C) groups is 1. The Morgan fingerprint density at radius 2 is 2.50 bits per heavy atom. The fourth-order valence-electron chi connectivity index (χ4n) is 1.66. The topological polar surface area (TPSA) is 50.4 Å². The second-order valence-electron chi connectivity index (χ2n) is 4.00. The van der Waals surface area contributed by atoms with Gasteiger partial charge in [0.1, 0.15) is 0 Å². The average molecular weight is 302 g/mol. The Kier molecular flexibility index (Phi) is 3.86. The lowest BCUT2D eigenvalue weighted by atomic mass is 10.3.